The number of carbonyl (C=O) groups excluding carboxylic acids is 3. The summed E-state index contributed by atoms with van der Waals surface area (Å²) in [5.74, 6) is -1.27. The van der Waals surface area contributed by atoms with Crippen LogP contribution < -0.4 is 0 Å². The number of carbonyl (C=O) groups is 3. The fourth-order valence-corrected chi connectivity index (χ4v) is 4.83. The van der Waals surface area contributed by atoms with Crippen molar-refractivity contribution < 1.29 is 42.8 Å². The molecule has 1 aliphatic heterocycles. The number of ether oxygens (including phenoxy) is 6. The minimum Gasteiger partial charge on any atom is -0.458 e. The van der Waals surface area contributed by atoms with Crippen molar-refractivity contribution in [1.82, 2.24) is 0 Å². The van der Waals surface area contributed by atoms with Gasteiger partial charge in [-0.15, -0.1) is 0 Å². The molecule has 46 heavy (non-hydrogen) atoms. The van der Waals surface area contributed by atoms with Crippen LogP contribution in [0.3, 0.4) is 0 Å². The first kappa shape index (κ1) is 34.5. The van der Waals surface area contributed by atoms with Crippen LogP contribution in [0, 0.1) is 0 Å². The van der Waals surface area contributed by atoms with Crippen molar-refractivity contribution in [2.24, 2.45) is 0 Å². The zero-order chi connectivity index (χ0) is 32.7. The standard InChI is InChI=1S/C37H40O9/c1-4-21-42-36(40)31-18-12-11-17-30(31)24-44-37-35(46-33(39)20-19-26(2)38)27(3)34(43-23-29-15-9-6-10-16-29)32(45-37)25-41-22-28-13-7-5-8-14-28/h4-18,32,34-35,37H,1,3,19-25H2,2H3/t32-,34+,35+,37+/m1/s1. The number of hydrogen-bond acceptors (Lipinski definition) is 9. The fraction of sp³-hybridized carbons (Fsp3) is 0.324. The lowest BCUT2D eigenvalue weighted by Gasteiger charge is -2.42. The third-order valence-electron chi connectivity index (χ3n) is 7.20. The van der Waals surface area contributed by atoms with E-state index in [-0.39, 0.29) is 45.1 Å². The third-order valence-corrected chi connectivity index (χ3v) is 7.20. The molecule has 1 saturated heterocycles. The second-order valence-corrected chi connectivity index (χ2v) is 10.8. The first-order chi connectivity index (χ1) is 22.4. The monoisotopic (exact) mass is 628 g/mol. The molecule has 0 bridgehead atoms. The molecule has 242 valence electrons. The predicted octanol–water partition coefficient (Wildman–Crippen LogP) is 5.91. The predicted molar refractivity (Wildman–Crippen MR) is 170 cm³/mol. The van der Waals surface area contributed by atoms with Gasteiger partial charge in [-0.05, 0) is 35.3 Å². The summed E-state index contributed by atoms with van der Waals surface area (Å²) in [6.07, 6.45) is -2.16. The molecule has 0 N–H and O–H groups in total. The molecule has 1 fully saturated rings. The Kier molecular flexibility index (Phi) is 13.4. The molecule has 4 atom stereocenters. The lowest BCUT2D eigenvalue weighted by molar-refractivity contribution is -0.267. The molecule has 0 aromatic heterocycles. The van der Waals surface area contributed by atoms with Crippen molar-refractivity contribution in [1.29, 1.82) is 0 Å². The highest BCUT2D eigenvalue weighted by atomic mass is 16.7. The van der Waals surface area contributed by atoms with Gasteiger partial charge in [-0.1, -0.05) is 98.1 Å². The van der Waals surface area contributed by atoms with Gasteiger partial charge in [0.1, 0.15) is 24.6 Å². The van der Waals surface area contributed by atoms with Gasteiger partial charge in [-0.3, -0.25) is 4.79 Å². The van der Waals surface area contributed by atoms with Crippen LogP contribution in [0.1, 0.15) is 46.8 Å². The van der Waals surface area contributed by atoms with Crippen molar-refractivity contribution in [2.45, 2.75) is 64.2 Å². The highest BCUT2D eigenvalue weighted by Gasteiger charge is 2.45. The molecular weight excluding hydrogens is 588 g/mol. The average Bonchev–Trinajstić information content (AvgIpc) is 3.07. The molecule has 0 radical (unpaired) electrons. The van der Waals surface area contributed by atoms with Gasteiger partial charge in [0.25, 0.3) is 0 Å². The van der Waals surface area contributed by atoms with Crippen LogP contribution >= 0.6 is 0 Å². The third kappa shape index (κ3) is 10.3. The zero-order valence-electron chi connectivity index (χ0n) is 26.0. The molecule has 0 saturated carbocycles. The van der Waals surface area contributed by atoms with Gasteiger partial charge in [-0.25, -0.2) is 4.79 Å². The highest BCUT2D eigenvalue weighted by molar-refractivity contribution is 5.91. The van der Waals surface area contributed by atoms with Gasteiger partial charge in [0, 0.05) is 6.42 Å². The molecule has 1 heterocycles. The van der Waals surface area contributed by atoms with Crippen LogP contribution in [0.4, 0.5) is 0 Å². The van der Waals surface area contributed by atoms with E-state index in [1.807, 2.05) is 60.7 Å². The van der Waals surface area contributed by atoms with Crippen LogP contribution in [0.2, 0.25) is 0 Å². The molecule has 1 aliphatic rings. The average molecular weight is 629 g/mol. The summed E-state index contributed by atoms with van der Waals surface area (Å²) in [4.78, 5) is 37.1. The lowest BCUT2D eigenvalue weighted by Crippen LogP contribution is -2.53. The summed E-state index contributed by atoms with van der Waals surface area (Å²) in [5, 5.41) is 0. The van der Waals surface area contributed by atoms with E-state index in [2.05, 4.69) is 13.2 Å². The number of ketones is 1. The van der Waals surface area contributed by atoms with Crippen LogP contribution in [0.25, 0.3) is 0 Å². The van der Waals surface area contributed by atoms with Gasteiger partial charge in [0.15, 0.2) is 12.4 Å². The number of Topliss-reactive ketones (excluding diaryl/α,β-unsaturated/α-hetero) is 1. The number of hydrogen-bond donors (Lipinski definition) is 0. The second kappa shape index (κ2) is 17.9. The van der Waals surface area contributed by atoms with Crippen LogP contribution in [0.15, 0.2) is 110 Å². The highest BCUT2D eigenvalue weighted by Crippen LogP contribution is 2.32. The van der Waals surface area contributed by atoms with Gasteiger partial charge in [0.05, 0.1) is 38.4 Å². The molecule has 0 aliphatic carbocycles. The zero-order valence-corrected chi connectivity index (χ0v) is 26.0. The first-order valence-corrected chi connectivity index (χ1v) is 15.1. The Balaban J connectivity index is 1.56. The van der Waals surface area contributed by atoms with Crippen molar-refractivity contribution >= 4 is 17.7 Å². The number of esters is 2. The minimum absolute atomic E-state index is 0.0362. The largest absolute Gasteiger partial charge is 0.458 e. The molecule has 9 nitrogen and oxygen atoms in total. The Morgan fingerprint density at radius 2 is 1.46 bits per heavy atom. The van der Waals surface area contributed by atoms with Gasteiger partial charge in [-0.2, -0.15) is 0 Å². The fourth-order valence-electron chi connectivity index (χ4n) is 4.83. The Labute approximate surface area is 269 Å². The number of benzene rings is 3. The topological polar surface area (TPSA) is 107 Å². The normalized spacial score (nSPS) is 19.3. The SMILES string of the molecule is C=CCOC(=O)c1ccccc1CO[C@H]1O[C@H](COCc2ccccc2)[C@@H](OCc2ccccc2)C(=C)[C@@H]1OC(=O)CCC(C)=O. The molecule has 4 rings (SSSR count). The van der Waals surface area contributed by atoms with Crippen LogP contribution in [-0.4, -0.2) is 55.5 Å². The van der Waals surface area contributed by atoms with Crippen molar-refractivity contribution in [3.8, 4) is 0 Å². The molecule has 0 spiro atoms. The maximum Gasteiger partial charge on any atom is 0.338 e. The Morgan fingerprint density at radius 1 is 0.804 bits per heavy atom. The van der Waals surface area contributed by atoms with Crippen LogP contribution in [0.5, 0.6) is 0 Å². The summed E-state index contributed by atoms with van der Waals surface area (Å²) in [6.45, 7) is 9.98. The van der Waals surface area contributed by atoms with Crippen molar-refractivity contribution in [3.05, 3.63) is 132 Å². The summed E-state index contributed by atoms with van der Waals surface area (Å²) in [6, 6.07) is 26.2. The van der Waals surface area contributed by atoms with E-state index in [1.165, 1.54) is 13.0 Å². The Bertz CT molecular complexity index is 1450. The summed E-state index contributed by atoms with van der Waals surface area (Å²) < 4.78 is 36.1. The van der Waals surface area contributed by atoms with E-state index in [0.29, 0.717) is 23.3 Å². The second-order valence-electron chi connectivity index (χ2n) is 10.8. The van der Waals surface area contributed by atoms with E-state index in [9.17, 15) is 14.4 Å². The van der Waals surface area contributed by atoms with Gasteiger partial charge < -0.3 is 33.2 Å². The molecule has 0 unspecified atom stereocenters. The van der Waals surface area contributed by atoms with Gasteiger partial charge in [0.2, 0.25) is 0 Å². The molecule has 3 aromatic rings. The number of rotatable bonds is 17. The summed E-state index contributed by atoms with van der Waals surface area (Å²) in [5.41, 5.74) is 3.22. The summed E-state index contributed by atoms with van der Waals surface area (Å²) >= 11 is 0. The quantitative estimate of drug-likeness (QED) is 0.133. The Morgan fingerprint density at radius 3 is 2.13 bits per heavy atom. The van der Waals surface area contributed by atoms with E-state index in [0.717, 1.165) is 11.1 Å². The smallest absolute Gasteiger partial charge is 0.338 e. The van der Waals surface area contributed by atoms with Crippen molar-refractivity contribution in [3.63, 3.8) is 0 Å². The van der Waals surface area contributed by atoms with E-state index < -0.39 is 36.5 Å². The molecule has 0 amide bonds. The van der Waals surface area contributed by atoms with Crippen LogP contribution in [-0.2, 0) is 57.8 Å². The first-order valence-electron chi connectivity index (χ1n) is 15.1. The van der Waals surface area contributed by atoms with Crippen molar-refractivity contribution in [2.75, 3.05) is 13.2 Å². The van der Waals surface area contributed by atoms with E-state index >= 15 is 0 Å². The molecule has 3 aromatic carbocycles. The van der Waals surface area contributed by atoms with E-state index in [4.69, 9.17) is 28.4 Å². The van der Waals surface area contributed by atoms with Gasteiger partial charge >= 0.3 is 11.9 Å². The molecular formula is C37H40O9. The van der Waals surface area contributed by atoms with E-state index in [1.54, 1.807) is 24.3 Å². The Hall–Kier alpha value is -4.41. The summed E-state index contributed by atoms with van der Waals surface area (Å²) in [7, 11) is 0. The lowest BCUT2D eigenvalue weighted by atomic mass is 9.96. The minimum atomic E-state index is -1.12. The maximum absolute atomic E-state index is 12.9. The maximum atomic E-state index is 12.9. The molecule has 9 heteroatoms.